The zero-order valence-corrected chi connectivity index (χ0v) is 7.08. The Labute approximate surface area is 68.3 Å². The van der Waals surface area contributed by atoms with Crippen LogP contribution in [0.15, 0.2) is 0 Å². The number of halogens is 2. The van der Waals surface area contributed by atoms with Gasteiger partial charge in [-0.1, -0.05) is 6.42 Å². The van der Waals surface area contributed by atoms with Crippen LogP contribution < -0.4 is 0 Å². The molecule has 1 atom stereocenters. The molecule has 0 aromatic carbocycles. The third-order valence-electron chi connectivity index (χ3n) is 2.06. The second-order valence-electron chi connectivity index (χ2n) is 2.85. The van der Waals surface area contributed by atoms with Crippen molar-refractivity contribution >= 4 is 11.2 Å². The summed E-state index contributed by atoms with van der Waals surface area (Å²) >= 11 is -1.89. The van der Waals surface area contributed by atoms with Gasteiger partial charge in [0.1, 0.15) is 5.25 Å². The zero-order valence-electron chi connectivity index (χ0n) is 6.26. The van der Waals surface area contributed by atoms with E-state index in [0.29, 0.717) is 0 Å². The molecule has 1 aliphatic carbocycles. The predicted octanol–water partition coefficient (Wildman–Crippen LogP) is 2.29. The summed E-state index contributed by atoms with van der Waals surface area (Å²) in [6.07, 6.45) is 4.47. The molecule has 0 amide bonds. The van der Waals surface area contributed by atoms with Crippen LogP contribution >= 0.6 is 0 Å². The highest BCUT2D eigenvalue weighted by Gasteiger charge is 2.31. The Kier molecular flexibility index (Phi) is 3.59. The zero-order chi connectivity index (χ0) is 8.27. The van der Waals surface area contributed by atoms with Gasteiger partial charge in [-0.15, -0.1) is 0 Å². The second kappa shape index (κ2) is 4.26. The van der Waals surface area contributed by atoms with Gasteiger partial charge in [0, 0.05) is 11.2 Å². The smallest absolute Gasteiger partial charge is 0.397 e. The van der Waals surface area contributed by atoms with Crippen LogP contribution in [0.4, 0.5) is 8.78 Å². The Bertz CT molecular complexity index is 115. The van der Waals surface area contributed by atoms with Gasteiger partial charge in [0.15, 0.2) is 0 Å². The molecule has 66 valence electrons. The molecule has 1 unspecified atom stereocenters. The topological polar surface area (TPSA) is 23.1 Å². The molecule has 4 heteroatoms. The molecule has 1 fully saturated rings. The van der Waals surface area contributed by atoms with Crippen molar-refractivity contribution in [2.75, 3.05) is 0 Å². The third kappa shape index (κ3) is 2.60. The van der Waals surface area contributed by atoms with E-state index in [1.165, 1.54) is 0 Å². The standard InChI is InChI=1S/C7H12F2OS/c8-7(9)11(10)6-4-2-1-3-5-6/h6-7H,1-5H2. The second-order valence-corrected chi connectivity index (χ2v) is 4.53. The average molecular weight is 182 g/mol. The Balaban J connectivity index is 2.32. The van der Waals surface area contributed by atoms with Gasteiger partial charge in [-0.2, -0.15) is 8.78 Å². The van der Waals surface area contributed by atoms with Crippen molar-refractivity contribution in [2.45, 2.75) is 43.1 Å². The van der Waals surface area contributed by atoms with E-state index in [1.807, 2.05) is 0 Å². The maximum absolute atomic E-state index is 11.9. The summed E-state index contributed by atoms with van der Waals surface area (Å²) in [6, 6.07) is 0. The van der Waals surface area contributed by atoms with E-state index in [-0.39, 0.29) is 5.25 Å². The first-order valence-electron chi connectivity index (χ1n) is 3.89. The van der Waals surface area contributed by atoms with E-state index in [1.54, 1.807) is 0 Å². The lowest BCUT2D eigenvalue weighted by molar-refractivity contribution is 0.231. The number of alkyl halides is 2. The van der Waals surface area contributed by atoms with Crippen LogP contribution in [0.5, 0.6) is 0 Å². The lowest BCUT2D eigenvalue weighted by atomic mass is 10.0. The molecular weight excluding hydrogens is 170 g/mol. The van der Waals surface area contributed by atoms with Crippen LogP contribution in [0, 0.1) is 0 Å². The van der Waals surface area contributed by atoms with Gasteiger partial charge < -0.3 is 4.55 Å². The van der Waals surface area contributed by atoms with Gasteiger partial charge in [0.25, 0.3) is 0 Å². The van der Waals surface area contributed by atoms with Crippen LogP contribution in [0.1, 0.15) is 32.1 Å². The Morgan fingerprint density at radius 2 is 1.73 bits per heavy atom. The molecular formula is C7H12F2OS. The Morgan fingerprint density at radius 1 is 1.18 bits per heavy atom. The molecule has 1 saturated carbocycles. The van der Waals surface area contributed by atoms with Crippen LogP contribution in [0.3, 0.4) is 0 Å². The molecule has 0 aromatic heterocycles. The van der Waals surface area contributed by atoms with Crippen LogP contribution in [-0.2, 0) is 11.2 Å². The fraction of sp³-hybridized carbons (Fsp3) is 1.00. The SMILES string of the molecule is [O-][S+](C(F)F)C1CCCCC1. The summed E-state index contributed by atoms with van der Waals surface area (Å²) in [5, 5.41) is -0.233. The van der Waals surface area contributed by atoms with Crippen molar-refractivity contribution in [3.63, 3.8) is 0 Å². The highest BCUT2D eigenvalue weighted by atomic mass is 32.2. The maximum atomic E-state index is 11.9. The predicted molar refractivity (Wildman–Crippen MR) is 41.0 cm³/mol. The summed E-state index contributed by atoms with van der Waals surface area (Å²) in [5.41, 5.74) is 0. The van der Waals surface area contributed by atoms with Crippen LogP contribution in [-0.4, -0.2) is 15.6 Å². The maximum Gasteiger partial charge on any atom is 0.397 e. The van der Waals surface area contributed by atoms with E-state index in [9.17, 15) is 13.3 Å². The molecule has 0 N–H and O–H groups in total. The monoisotopic (exact) mass is 182 g/mol. The van der Waals surface area contributed by atoms with Crippen molar-refractivity contribution in [1.29, 1.82) is 0 Å². The minimum atomic E-state index is -2.64. The molecule has 0 aromatic rings. The summed E-state index contributed by atoms with van der Waals surface area (Å²) in [4.78, 5) is 0. The van der Waals surface area contributed by atoms with Gasteiger partial charge >= 0.3 is 5.76 Å². The van der Waals surface area contributed by atoms with E-state index in [0.717, 1.165) is 32.1 Å². The molecule has 0 saturated heterocycles. The summed E-state index contributed by atoms with van der Waals surface area (Å²) < 4.78 is 34.7. The van der Waals surface area contributed by atoms with Gasteiger partial charge in [-0.05, 0) is 25.7 Å². The first-order valence-corrected chi connectivity index (χ1v) is 5.17. The average Bonchev–Trinajstić information content (AvgIpc) is 2.05. The number of hydrogen-bond donors (Lipinski definition) is 0. The van der Waals surface area contributed by atoms with Crippen molar-refractivity contribution in [3.8, 4) is 0 Å². The highest BCUT2D eigenvalue weighted by molar-refractivity contribution is 7.92. The highest BCUT2D eigenvalue weighted by Crippen LogP contribution is 2.26. The van der Waals surface area contributed by atoms with Gasteiger partial charge in [0.05, 0.1) is 0 Å². The first-order chi connectivity index (χ1) is 5.22. The van der Waals surface area contributed by atoms with E-state index in [4.69, 9.17) is 0 Å². The molecule has 11 heavy (non-hydrogen) atoms. The normalized spacial score (nSPS) is 24.0. The Hall–Kier alpha value is 0.170. The molecule has 1 aliphatic rings. The van der Waals surface area contributed by atoms with Crippen molar-refractivity contribution < 1.29 is 13.3 Å². The minimum Gasteiger partial charge on any atom is -0.612 e. The van der Waals surface area contributed by atoms with Crippen LogP contribution in [0.25, 0.3) is 0 Å². The molecule has 1 nitrogen and oxygen atoms in total. The van der Waals surface area contributed by atoms with Gasteiger partial charge in [-0.3, -0.25) is 0 Å². The molecule has 0 spiro atoms. The first kappa shape index (κ1) is 9.26. The van der Waals surface area contributed by atoms with Crippen molar-refractivity contribution in [1.82, 2.24) is 0 Å². The lowest BCUT2D eigenvalue weighted by Crippen LogP contribution is -2.28. The molecule has 0 aliphatic heterocycles. The summed E-state index contributed by atoms with van der Waals surface area (Å²) in [7, 11) is 0. The molecule has 0 heterocycles. The van der Waals surface area contributed by atoms with E-state index < -0.39 is 16.9 Å². The minimum absolute atomic E-state index is 0.233. The Morgan fingerprint density at radius 3 is 2.18 bits per heavy atom. The number of rotatable bonds is 2. The number of hydrogen-bond acceptors (Lipinski definition) is 1. The van der Waals surface area contributed by atoms with E-state index in [2.05, 4.69) is 0 Å². The largest absolute Gasteiger partial charge is 0.612 e. The van der Waals surface area contributed by atoms with E-state index >= 15 is 0 Å². The molecule has 1 rings (SSSR count). The van der Waals surface area contributed by atoms with Crippen LogP contribution in [0.2, 0.25) is 0 Å². The quantitative estimate of drug-likeness (QED) is 0.601. The lowest BCUT2D eigenvalue weighted by Gasteiger charge is -2.23. The van der Waals surface area contributed by atoms with Crippen molar-refractivity contribution in [3.05, 3.63) is 0 Å². The third-order valence-corrected chi connectivity index (χ3v) is 3.54. The fourth-order valence-electron chi connectivity index (χ4n) is 1.44. The van der Waals surface area contributed by atoms with Gasteiger partial charge in [-0.25, -0.2) is 0 Å². The molecule has 0 radical (unpaired) electrons. The molecule has 0 bridgehead atoms. The summed E-state index contributed by atoms with van der Waals surface area (Å²) in [6.45, 7) is 0. The van der Waals surface area contributed by atoms with Crippen molar-refractivity contribution in [2.24, 2.45) is 0 Å². The summed E-state index contributed by atoms with van der Waals surface area (Å²) in [5.74, 6) is -2.64. The fourth-order valence-corrected chi connectivity index (χ4v) is 2.53. The van der Waals surface area contributed by atoms with Gasteiger partial charge in [0.2, 0.25) is 0 Å².